The van der Waals surface area contributed by atoms with Crippen LogP contribution in [0.5, 0.6) is 0 Å². The van der Waals surface area contributed by atoms with Gasteiger partial charge < -0.3 is 15.2 Å². The Bertz CT molecular complexity index is 533. The highest BCUT2D eigenvalue weighted by atomic mass is 16.5. The Morgan fingerprint density at radius 1 is 1.22 bits per heavy atom. The predicted octanol–water partition coefficient (Wildman–Crippen LogP) is 1.70. The van der Waals surface area contributed by atoms with Crippen LogP contribution in [0.15, 0.2) is 22.9 Å². The summed E-state index contributed by atoms with van der Waals surface area (Å²) in [7, 11) is 0. The molecule has 3 heterocycles. The van der Waals surface area contributed by atoms with Gasteiger partial charge in [-0.15, -0.1) is 0 Å². The summed E-state index contributed by atoms with van der Waals surface area (Å²) in [6.07, 6.45) is 5.29. The van der Waals surface area contributed by atoms with Gasteiger partial charge in [-0.3, -0.25) is 0 Å². The van der Waals surface area contributed by atoms with E-state index in [9.17, 15) is 0 Å². The van der Waals surface area contributed by atoms with Gasteiger partial charge in [-0.1, -0.05) is 0 Å². The molecule has 1 aliphatic heterocycles. The minimum Gasteiger partial charge on any atom is -0.397 e. The molecule has 1 saturated heterocycles. The molecule has 1 fully saturated rings. The van der Waals surface area contributed by atoms with Gasteiger partial charge in [0, 0.05) is 19.3 Å². The normalized spacial score (nSPS) is 15.9. The second kappa shape index (κ2) is 4.64. The molecule has 2 aromatic rings. The molecule has 1 aliphatic rings. The molecule has 2 N–H and O–H groups in total. The molecule has 0 saturated carbocycles. The van der Waals surface area contributed by atoms with Crippen LogP contribution in [0.2, 0.25) is 0 Å². The van der Waals surface area contributed by atoms with E-state index in [1.807, 2.05) is 0 Å². The van der Waals surface area contributed by atoms with Gasteiger partial charge in [0.25, 0.3) is 11.8 Å². The Morgan fingerprint density at radius 3 is 2.83 bits per heavy atom. The first-order valence-electron chi connectivity index (χ1n) is 6.14. The number of nitrogens with two attached hydrogens (primary N) is 1. The summed E-state index contributed by atoms with van der Waals surface area (Å²) in [6.45, 7) is 1.97. The fourth-order valence-corrected chi connectivity index (χ4v) is 2.13. The number of hydrogen-bond acceptors (Lipinski definition) is 6. The van der Waals surface area contributed by atoms with Crippen molar-refractivity contribution < 1.29 is 4.52 Å². The molecule has 0 spiro atoms. The molecule has 2 aromatic heterocycles. The minimum atomic E-state index is 0.383. The van der Waals surface area contributed by atoms with E-state index in [0.717, 1.165) is 13.1 Å². The molecule has 0 atom stereocenters. The van der Waals surface area contributed by atoms with Crippen LogP contribution in [-0.4, -0.2) is 28.2 Å². The third-order valence-corrected chi connectivity index (χ3v) is 3.10. The zero-order chi connectivity index (χ0) is 12.4. The number of nitrogen functional groups attached to an aromatic ring is 1. The van der Waals surface area contributed by atoms with Crippen LogP contribution in [0.3, 0.4) is 0 Å². The lowest BCUT2D eigenvalue weighted by atomic mass is 10.1. The lowest BCUT2D eigenvalue weighted by Crippen LogP contribution is -2.30. The molecular weight excluding hydrogens is 230 g/mol. The van der Waals surface area contributed by atoms with E-state index in [4.69, 9.17) is 10.3 Å². The van der Waals surface area contributed by atoms with Gasteiger partial charge in [-0.05, 0) is 36.6 Å². The van der Waals surface area contributed by atoms with Gasteiger partial charge in [-0.25, -0.2) is 4.98 Å². The lowest BCUT2D eigenvalue weighted by Gasteiger charge is -2.24. The number of nitrogens with zero attached hydrogens (tertiary/aromatic N) is 4. The summed E-state index contributed by atoms with van der Waals surface area (Å²) in [5.41, 5.74) is 6.93. The smallest absolute Gasteiger partial charge is 0.280 e. The Morgan fingerprint density at radius 2 is 2.06 bits per heavy atom. The second-order valence-electron chi connectivity index (χ2n) is 4.39. The molecule has 94 valence electrons. The summed E-state index contributed by atoms with van der Waals surface area (Å²) in [6, 6.07) is 3.55. The van der Waals surface area contributed by atoms with E-state index in [1.165, 1.54) is 19.3 Å². The predicted molar refractivity (Wildman–Crippen MR) is 68.0 cm³/mol. The van der Waals surface area contributed by atoms with Crippen LogP contribution in [-0.2, 0) is 0 Å². The topological polar surface area (TPSA) is 81.1 Å². The Kier molecular flexibility index (Phi) is 2.84. The van der Waals surface area contributed by atoms with Crippen LogP contribution in [0, 0.1) is 0 Å². The number of hydrogen-bond donors (Lipinski definition) is 1. The van der Waals surface area contributed by atoms with Crippen molar-refractivity contribution in [3.63, 3.8) is 0 Å². The van der Waals surface area contributed by atoms with Crippen LogP contribution < -0.4 is 10.6 Å². The van der Waals surface area contributed by atoms with Gasteiger partial charge in [-0.2, -0.15) is 4.98 Å². The zero-order valence-corrected chi connectivity index (χ0v) is 10.0. The summed E-state index contributed by atoms with van der Waals surface area (Å²) in [5, 5.41) is 4.00. The molecule has 0 amide bonds. The molecule has 0 aromatic carbocycles. The number of aromatic nitrogens is 3. The Hall–Kier alpha value is -2.11. The van der Waals surface area contributed by atoms with Crippen LogP contribution >= 0.6 is 0 Å². The molecule has 0 radical (unpaired) electrons. The largest absolute Gasteiger partial charge is 0.397 e. The number of pyridine rings is 1. The molecule has 6 heteroatoms. The highest BCUT2D eigenvalue weighted by Gasteiger charge is 2.18. The summed E-state index contributed by atoms with van der Waals surface area (Å²) >= 11 is 0. The quantitative estimate of drug-likeness (QED) is 0.867. The highest BCUT2D eigenvalue weighted by molar-refractivity contribution is 5.65. The third-order valence-electron chi connectivity index (χ3n) is 3.10. The standard InChI is InChI=1S/C12H15N5O/c13-9-5-4-6-14-10(9)11-15-12(16-18-11)17-7-2-1-3-8-17/h4-6H,1-3,7-8,13H2. The van der Waals surface area contributed by atoms with Crippen molar-refractivity contribution in [3.05, 3.63) is 18.3 Å². The van der Waals surface area contributed by atoms with Crippen LogP contribution in [0.4, 0.5) is 11.6 Å². The second-order valence-corrected chi connectivity index (χ2v) is 4.39. The average molecular weight is 245 g/mol. The SMILES string of the molecule is Nc1cccnc1-c1nc(N2CCCCC2)no1. The molecule has 6 nitrogen and oxygen atoms in total. The van der Waals surface area contributed by atoms with Crippen molar-refractivity contribution in [1.29, 1.82) is 0 Å². The van der Waals surface area contributed by atoms with Crippen molar-refractivity contribution in [3.8, 4) is 11.6 Å². The first-order valence-corrected chi connectivity index (χ1v) is 6.14. The third kappa shape index (κ3) is 2.01. The molecular formula is C12H15N5O. The number of anilines is 2. The van der Waals surface area contributed by atoms with E-state index < -0.39 is 0 Å². The number of rotatable bonds is 2. The molecule has 0 aliphatic carbocycles. The Labute approximate surface area is 105 Å². The maximum Gasteiger partial charge on any atom is 0.280 e. The van der Waals surface area contributed by atoms with Gasteiger partial charge in [0.15, 0.2) is 5.69 Å². The Balaban J connectivity index is 1.87. The van der Waals surface area contributed by atoms with Crippen molar-refractivity contribution >= 4 is 11.6 Å². The van der Waals surface area contributed by atoms with E-state index in [-0.39, 0.29) is 0 Å². The minimum absolute atomic E-state index is 0.383. The van der Waals surface area contributed by atoms with Crippen molar-refractivity contribution in [1.82, 2.24) is 15.1 Å². The van der Waals surface area contributed by atoms with Crippen molar-refractivity contribution in [2.24, 2.45) is 0 Å². The zero-order valence-electron chi connectivity index (χ0n) is 10.0. The van der Waals surface area contributed by atoms with Crippen molar-refractivity contribution in [2.75, 3.05) is 23.7 Å². The average Bonchev–Trinajstić information content (AvgIpc) is 2.90. The summed E-state index contributed by atoms with van der Waals surface area (Å²) < 4.78 is 5.24. The first kappa shape index (κ1) is 11.0. The van der Waals surface area contributed by atoms with Gasteiger partial charge in [0.1, 0.15) is 0 Å². The van der Waals surface area contributed by atoms with Gasteiger partial charge >= 0.3 is 0 Å². The highest BCUT2D eigenvalue weighted by Crippen LogP contribution is 2.24. The van der Waals surface area contributed by atoms with Crippen molar-refractivity contribution in [2.45, 2.75) is 19.3 Å². The lowest BCUT2D eigenvalue weighted by molar-refractivity contribution is 0.425. The maximum absolute atomic E-state index is 5.84. The van der Waals surface area contributed by atoms with Gasteiger partial charge in [0.2, 0.25) is 0 Å². The van der Waals surface area contributed by atoms with E-state index >= 15 is 0 Å². The summed E-state index contributed by atoms with van der Waals surface area (Å²) in [4.78, 5) is 10.7. The van der Waals surface area contributed by atoms with Crippen LogP contribution in [0.1, 0.15) is 19.3 Å². The van der Waals surface area contributed by atoms with E-state index in [0.29, 0.717) is 23.2 Å². The first-order chi connectivity index (χ1) is 8.84. The molecule has 3 rings (SSSR count). The van der Waals surface area contributed by atoms with E-state index in [2.05, 4.69) is 20.0 Å². The summed E-state index contributed by atoms with van der Waals surface area (Å²) in [5.74, 6) is 1.02. The number of piperidine rings is 1. The fraction of sp³-hybridized carbons (Fsp3) is 0.417. The molecule has 0 unspecified atom stereocenters. The monoisotopic (exact) mass is 245 g/mol. The fourth-order valence-electron chi connectivity index (χ4n) is 2.13. The van der Waals surface area contributed by atoms with Gasteiger partial charge in [0.05, 0.1) is 5.69 Å². The maximum atomic E-state index is 5.84. The van der Waals surface area contributed by atoms with E-state index in [1.54, 1.807) is 18.3 Å². The van der Waals surface area contributed by atoms with Crippen LogP contribution in [0.25, 0.3) is 11.6 Å². The molecule has 18 heavy (non-hydrogen) atoms. The molecule has 0 bridgehead atoms.